The van der Waals surface area contributed by atoms with Gasteiger partial charge in [-0.1, -0.05) is 77.0 Å². The van der Waals surface area contributed by atoms with Crippen LogP contribution in [-0.2, 0) is 40.2 Å². The van der Waals surface area contributed by atoms with Gasteiger partial charge in [-0.25, -0.2) is 24.4 Å². The number of rotatable bonds is 37. The number of amides is 1. The number of carboxylic acid groups (broad SMARTS) is 1. The third-order valence-electron chi connectivity index (χ3n) is 10.3. The molecule has 1 amide bonds. The lowest BCUT2D eigenvalue weighted by Crippen LogP contribution is -2.38. The van der Waals surface area contributed by atoms with Crippen LogP contribution in [0.1, 0.15) is 156 Å². The van der Waals surface area contributed by atoms with E-state index in [2.05, 4.69) is 36.7 Å². The molecule has 1 aliphatic heterocycles. The number of carbonyl (C=O) groups excluding carboxylic acids is 4. The number of hydrazone groups is 1. The molecule has 1 aromatic rings. The molecule has 2 heterocycles. The number of unbranched alkanes of at least 4 members (excludes halogenated alkanes) is 13. The fourth-order valence-corrected chi connectivity index (χ4v) is 8.27. The van der Waals surface area contributed by atoms with Crippen LogP contribution < -0.4 is 21.6 Å². The molecular weight excluding hydrogens is 739 g/mol. The van der Waals surface area contributed by atoms with Gasteiger partial charge in [0.1, 0.15) is 17.3 Å². The highest BCUT2D eigenvalue weighted by atomic mass is 32.2. The Balaban J connectivity index is 0.0000162. The zero-order valence-electron chi connectivity index (χ0n) is 33.7. The molecule has 322 valence electrons. The molecule has 16 heteroatoms. The lowest BCUT2D eigenvalue weighted by Gasteiger charge is -2.19. The van der Waals surface area contributed by atoms with Crippen molar-refractivity contribution in [1.29, 1.82) is 0 Å². The monoisotopic (exact) mass is 812 g/mol. The van der Waals surface area contributed by atoms with Crippen LogP contribution in [0.15, 0.2) is 17.6 Å². The van der Waals surface area contributed by atoms with Gasteiger partial charge in [-0.2, -0.15) is 5.10 Å². The molecule has 0 aliphatic carbocycles. The number of carboxylic acids is 1. The summed E-state index contributed by atoms with van der Waals surface area (Å²) in [6.45, 7) is 1.18. The van der Waals surface area contributed by atoms with Crippen molar-refractivity contribution in [2.75, 3.05) is 31.6 Å². The molecule has 0 fully saturated rings. The minimum Gasteiger partial charge on any atom is -0.481 e. The number of hydrazine groups is 1. The summed E-state index contributed by atoms with van der Waals surface area (Å²) in [6, 6.07) is -0.526. The van der Waals surface area contributed by atoms with E-state index < -0.39 is 33.5 Å². The minimum atomic E-state index is -3.58. The average molecular weight is 812 g/mol. The molecule has 0 saturated carbocycles. The number of likely N-dealkylation sites (N-methyl/N-ethyl adjacent to an activating group) is 1. The van der Waals surface area contributed by atoms with Gasteiger partial charge in [0.25, 0.3) is 0 Å². The third kappa shape index (κ3) is 24.2. The van der Waals surface area contributed by atoms with Crippen LogP contribution in [0, 0.1) is 5.92 Å². The largest absolute Gasteiger partial charge is 0.481 e. The number of carbonyl (C=O) groups is 5. The first kappa shape index (κ1) is 48.6. The SMILES string of the molecule is CN[C@H](Cc1cnc[nH]1)C(=O)C[C@H](CCCCNC(=O)CCCS(=O)(=O)CC(=O)CCCCCCCCCCCCCCCC1=NNNC1)C(=O)CCC(=O)O.[HH].[HH]. The molecule has 0 spiro atoms. The maximum absolute atomic E-state index is 13.0. The summed E-state index contributed by atoms with van der Waals surface area (Å²) in [5, 5.41) is 19.0. The summed E-state index contributed by atoms with van der Waals surface area (Å²) >= 11 is 0. The molecule has 0 bridgehead atoms. The molecule has 1 aliphatic rings. The van der Waals surface area contributed by atoms with Crippen LogP contribution in [0.5, 0.6) is 0 Å². The number of ketones is 3. The second-order valence-electron chi connectivity index (χ2n) is 15.2. The molecular formula is C40H73N7O8S. The number of hydrogen-bond donors (Lipinski definition) is 6. The second kappa shape index (κ2) is 29.7. The number of aromatic nitrogens is 2. The normalized spacial score (nSPS) is 13.8. The third-order valence-corrected chi connectivity index (χ3v) is 11.9. The van der Waals surface area contributed by atoms with Crippen molar-refractivity contribution in [3.63, 3.8) is 0 Å². The molecule has 56 heavy (non-hydrogen) atoms. The Morgan fingerprint density at radius 3 is 2.07 bits per heavy atom. The van der Waals surface area contributed by atoms with Crippen LogP contribution in [0.3, 0.4) is 0 Å². The Kier molecular flexibility index (Phi) is 25.8. The number of aromatic amines is 1. The first-order chi connectivity index (χ1) is 27.0. The van der Waals surface area contributed by atoms with Gasteiger partial charge in [0.05, 0.1) is 36.8 Å². The number of H-pyrrole nitrogens is 1. The first-order valence-corrected chi connectivity index (χ1v) is 22.7. The van der Waals surface area contributed by atoms with Crippen molar-refractivity contribution in [2.45, 2.75) is 160 Å². The molecule has 1 aromatic heterocycles. The summed E-state index contributed by atoms with van der Waals surface area (Å²) in [4.78, 5) is 68.5. The van der Waals surface area contributed by atoms with E-state index in [1.807, 2.05) is 0 Å². The zero-order valence-corrected chi connectivity index (χ0v) is 34.5. The number of Topliss-reactive ketones (excluding diaryl/α,β-unsaturated/α-hetero) is 3. The van der Waals surface area contributed by atoms with E-state index in [4.69, 9.17) is 5.11 Å². The highest BCUT2D eigenvalue weighted by molar-refractivity contribution is 7.92. The Bertz CT molecular complexity index is 1450. The Morgan fingerprint density at radius 1 is 0.821 bits per heavy atom. The van der Waals surface area contributed by atoms with Crippen LogP contribution in [0.25, 0.3) is 0 Å². The highest BCUT2D eigenvalue weighted by Gasteiger charge is 2.26. The van der Waals surface area contributed by atoms with Crippen molar-refractivity contribution in [3.05, 3.63) is 18.2 Å². The lowest BCUT2D eigenvalue weighted by atomic mass is 9.87. The number of aliphatic carboxylic acids is 1. The summed E-state index contributed by atoms with van der Waals surface area (Å²) < 4.78 is 25.0. The number of imidazole rings is 1. The van der Waals surface area contributed by atoms with E-state index >= 15 is 0 Å². The molecule has 0 aromatic carbocycles. The second-order valence-corrected chi connectivity index (χ2v) is 17.4. The predicted octanol–water partition coefficient (Wildman–Crippen LogP) is 5.41. The predicted molar refractivity (Wildman–Crippen MR) is 222 cm³/mol. The zero-order chi connectivity index (χ0) is 40.9. The van der Waals surface area contributed by atoms with E-state index in [1.165, 1.54) is 69.8 Å². The van der Waals surface area contributed by atoms with Gasteiger partial charge in [0, 0.05) is 59.3 Å². The highest BCUT2D eigenvalue weighted by Crippen LogP contribution is 2.19. The number of nitrogens with one attached hydrogen (secondary N) is 5. The molecule has 2 atom stereocenters. The summed E-state index contributed by atoms with van der Waals surface area (Å²) in [7, 11) is -1.92. The Morgan fingerprint density at radius 2 is 1.48 bits per heavy atom. The number of hydrogen-bond acceptors (Lipinski definition) is 12. The molecule has 0 unspecified atom stereocenters. The Labute approximate surface area is 337 Å². The van der Waals surface area contributed by atoms with Gasteiger partial charge in [-0.3, -0.25) is 24.0 Å². The van der Waals surface area contributed by atoms with Crippen LogP contribution in [-0.4, -0.2) is 96.1 Å². The summed E-state index contributed by atoms with van der Waals surface area (Å²) in [5.74, 6) is -3.39. The van der Waals surface area contributed by atoms with Crippen molar-refractivity contribution in [1.82, 2.24) is 31.6 Å². The first-order valence-electron chi connectivity index (χ1n) is 20.9. The molecule has 0 saturated heterocycles. The topological polar surface area (TPSA) is 229 Å². The van der Waals surface area contributed by atoms with Gasteiger partial charge in [0.2, 0.25) is 5.91 Å². The molecule has 6 N–H and O–H groups in total. The summed E-state index contributed by atoms with van der Waals surface area (Å²) in [5.41, 5.74) is 7.78. The fraction of sp³-hybridized carbons (Fsp3) is 0.775. The molecule has 0 radical (unpaired) electrons. The van der Waals surface area contributed by atoms with Gasteiger partial charge < -0.3 is 20.7 Å². The smallest absolute Gasteiger partial charge is 0.303 e. The maximum Gasteiger partial charge on any atom is 0.303 e. The lowest BCUT2D eigenvalue weighted by molar-refractivity contribution is -0.139. The van der Waals surface area contributed by atoms with E-state index in [-0.39, 0.29) is 70.4 Å². The molecule has 2 rings (SSSR count). The van der Waals surface area contributed by atoms with Crippen molar-refractivity contribution >= 4 is 44.8 Å². The van der Waals surface area contributed by atoms with E-state index in [0.29, 0.717) is 38.6 Å². The van der Waals surface area contributed by atoms with Gasteiger partial charge >= 0.3 is 5.97 Å². The quantitative estimate of drug-likeness (QED) is 0.0464. The van der Waals surface area contributed by atoms with Gasteiger partial charge in [-0.05, 0) is 45.6 Å². The van der Waals surface area contributed by atoms with E-state index in [0.717, 1.165) is 37.9 Å². The van der Waals surface area contributed by atoms with Gasteiger partial charge in [-0.15, -0.1) is 0 Å². The Hall–Kier alpha value is -3.50. The van der Waals surface area contributed by atoms with Crippen molar-refractivity contribution in [3.8, 4) is 0 Å². The maximum atomic E-state index is 13.0. The van der Waals surface area contributed by atoms with E-state index in [1.54, 1.807) is 13.2 Å². The minimum absolute atomic E-state index is 0. The van der Waals surface area contributed by atoms with Crippen molar-refractivity contribution < 1.29 is 40.4 Å². The van der Waals surface area contributed by atoms with E-state index in [9.17, 15) is 32.4 Å². The molecule has 15 nitrogen and oxygen atoms in total. The fourth-order valence-electron chi connectivity index (χ4n) is 6.90. The van der Waals surface area contributed by atoms with Crippen molar-refractivity contribution in [2.24, 2.45) is 11.0 Å². The average Bonchev–Trinajstić information content (AvgIpc) is 3.88. The van der Waals surface area contributed by atoms with Crippen LogP contribution in [0.4, 0.5) is 0 Å². The van der Waals surface area contributed by atoms with Crippen LogP contribution in [0.2, 0.25) is 0 Å². The van der Waals surface area contributed by atoms with Crippen LogP contribution >= 0.6 is 0 Å². The standard InChI is InChI=1S/C40H69N7O8S.2H2/c1-41-36(27-34-28-42-31-44-34)38(50)26-32(37(49)22-23-40(52)53)18-15-16-24-43-39(51)21-17-25-56(54,55)30-35(48)20-14-12-10-8-6-4-2-3-5-7-9-11-13-19-33-29-45-47-46-33;;/h28,31-32,36,41,45,47H,2-27,29-30H2,1H3,(H,42,44)(H,43,51)(H,52,53);2*1H/t32-,36+;;/m0../s1. The summed E-state index contributed by atoms with van der Waals surface area (Å²) in [6.07, 6.45) is 21.2. The van der Waals surface area contributed by atoms with Gasteiger partial charge in [0.15, 0.2) is 15.6 Å². The number of sulfone groups is 1. The number of nitrogens with zero attached hydrogens (tertiary/aromatic N) is 2.